The number of hydrogen-bond acceptors (Lipinski definition) is 5. The minimum absolute atomic E-state index is 0.0483. The van der Waals surface area contributed by atoms with Crippen molar-refractivity contribution >= 4 is 40.7 Å². The average Bonchev–Trinajstić information content (AvgIpc) is 3.08. The number of hydrogen-bond donors (Lipinski definition) is 1. The van der Waals surface area contributed by atoms with Gasteiger partial charge in [0.2, 0.25) is 0 Å². The lowest BCUT2D eigenvalue weighted by Crippen LogP contribution is -2.29. The highest BCUT2D eigenvalue weighted by atomic mass is 35.5. The molecule has 3 aromatic carbocycles. The highest BCUT2D eigenvalue weighted by Crippen LogP contribution is 2.43. The molecule has 1 heterocycles. The van der Waals surface area contributed by atoms with E-state index in [1.807, 2.05) is 49.4 Å². The van der Waals surface area contributed by atoms with Crippen LogP contribution >= 0.6 is 23.2 Å². The van der Waals surface area contributed by atoms with Crippen LogP contribution < -0.4 is 9.47 Å². The first-order valence-corrected chi connectivity index (χ1v) is 11.5. The number of aryl methyl sites for hydroxylation is 1. The Morgan fingerprint density at radius 3 is 2.29 bits per heavy atom. The molecule has 0 aromatic heterocycles. The molecule has 1 amide bonds. The number of ether oxygens (including phenoxy) is 2. The van der Waals surface area contributed by atoms with Gasteiger partial charge in [-0.1, -0.05) is 71.2 Å². The fourth-order valence-corrected chi connectivity index (χ4v) is 4.94. The Morgan fingerprint density at radius 2 is 1.66 bits per heavy atom. The number of carbonyl (C=O) groups is 2. The van der Waals surface area contributed by atoms with Crippen LogP contribution in [0.4, 0.5) is 0 Å². The van der Waals surface area contributed by atoms with Crippen LogP contribution in [0.2, 0.25) is 10.0 Å². The lowest BCUT2D eigenvalue weighted by Gasteiger charge is -2.26. The molecular formula is C27H23Cl2NO5. The van der Waals surface area contributed by atoms with E-state index in [4.69, 9.17) is 32.7 Å². The molecule has 0 spiro atoms. The van der Waals surface area contributed by atoms with E-state index in [0.29, 0.717) is 11.3 Å². The maximum Gasteiger partial charge on any atom is 0.295 e. The van der Waals surface area contributed by atoms with Crippen molar-refractivity contribution in [2.75, 3.05) is 14.2 Å². The summed E-state index contributed by atoms with van der Waals surface area (Å²) >= 11 is 12.5. The highest BCUT2D eigenvalue weighted by Gasteiger charge is 2.46. The van der Waals surface area contributed by atoms with E-state index in [-0.39, 0.29) is 39.2 Å². The predicted molar refractivity (Wildman–Crippen MR) is 135 cm³/mol. The Bertz CT molecular complexity index is 1330. The van der Waals surface area contributed by atoms with Gasteiger partial charge in [0.1, 0.15) is 11.5 Å². The molecule has 0 radical (unpaired) electrons. The summed E-state index contributed by atoms with van der Waals surface area (Å²) in [6.45, 7) is 2.02. The molecule has 0 aliphatic carbocycles. The van der Waals surface area contributed by atoms with Crippen LogP contribution in [-0.4, -0.2) is 35.9 Å². The summed E-state index contributed by atoms with van der Waals surface area (Å²) in [5.41, 5.74) is 2.51. The first-order valence-electron chi connectivity index (χ1n) is 10.8. The van der Waals surface area contributed by atoms with E-state index in [0.717, 1.165) is 11.1 Å². The van der Waals surface area contributed by atoms with Gasteiger partial charge in [-0.2, -0.15) is 0 Å². The molecule has 1 unspecified atom stereocenters. The number of rotatable bonds is 6. The van der Waals surface area contributed by atoms with Gasteiger partial charge in [-0.25, -0.2) is 0 Å². The van der Waals surface area contributed by atoms with E-state index >= 15 is 0 Å². The maximum atomic E-state index is 13.3. The third-order valence-corrected chi connectivity index (χ3v) is 6.47. The molecule has 0 saturated carbocycles. The topological polar surface area (TPSA) is 76.1 Å². The summed E-state index contributed by atoms with van der Waals surface area (Å²) in [6, 6.07) is 16.8. The maximum absolute atomic E-state index is 13.3. The normalized spacial score (nSPS) is 17.1. The zero-order chi connectivity index (χ0) is 25.3. The lowest BCUT2D eigenvalue weighted by molar-refractivity contribution is -0.140. The van der Waals surface area contributed by atoms with Crippen molar-refractivity contribution in [3.05, 3.63) is 98.5 Å². The Morgan fingerprint density at radius 1 is 0.971 bits per heavy atom. The van der Waals surface area contributed by atoms with E-state index in [2.05, 4.69) is 0 Å². The first kappa shape index (κ1) is 24.6. The fraction of sp³-hybridized carbons (Fsp3) is 0.185. The molecule has 180 valence electrons. The summed E-state index contributed by atoms with van der Waals surface area (Å²) in [6.07, 6.45) is 0. The fourth-order valence-electron chi connectivity index (χ4n) is 4.29. The number of aliphatic hydroxyl groups is 1. The predicted octanol–water partition coefficient (Wildman–Crippen LogP) is 5.94. The third-order valence-electron chi connectivity index (χ3n) is 5.91. The van der Waals surface area contributed by atoms with E-state index in [1.165, 1.54) is 24.1 Å². The number of ketones is 1. The number of likely N-dealkylation sites (tertiary alicyclic amines) is 1. The number of amides is 1. The van der Waals surface area contributed by atoms with Crippen molar-refractivity contribution in [1.29, 1.82) is 0 Å². The Kier molecular flexibility index (Phi) is 7.05. The number of benzene rings is 3. The number of halogens is 2. The highest BCUT2D eigenvalue weighted by molar-refractivity contribution is 6.46. The standard InChI is InChI=1S/C27H23Cl2NO5/c1-15-7-6-9-16(11-15)23-22(24(31)18-12-19(28)26(35-3)20(29)13-18)25(32)27(33)30(23)14-17-8-4-5-10-21(17)34-2/h4-13,23,31H,14H2,1-3H3/b24-22+. The molecule has 0 bridgehead atoms. The van der Waals surface area contributed by atoms with E-state index < -0.39 is 17.7 Å². The molecule has 1 aliphatic heterocycles. The molecule has 1 saturated heterocycles. The van der Waals surface area contributed by atoms with Gasteiger partial charge in [-0.15, -0.1) is 0 Å². The average molecular weight is 512 g/mol. The van der Waals surface area contributed by atoms with Crippen molar-refractivity contribution in [1.82, 2.24) is 4.90 Å². The van der Waals surface area contributed by atoms with Crippen molar-refractivity contribution in [3.8, 4) is 11.5 Å². The zero-order valence-electron chi connectivity index (χ0n) is 19.3. The van der Waals surface area contributed by atoms with Gasteiger partial charge in [-0.05, 0) is 30.7 Å². The van der Waals surface area contributed by atoms with Crippen LogP contribution in [0.5, 0.6) is 11.5 Å². The van der Waals surface area contributed by atoms with E-state index in [9.17, 15) is 14.7 Å². The van der Waals surface area contributed by atoms with Crippen LogP contribution in [0, 0.1) is 6.92 Å². The number of Topliss-reactive ketones (excluding diaryl/α,β-unsaturated/α-hetero) is 1. The molecule has 6 nitrogen and oxygen atoms in total. The van der Waals surface area contributed by atoms with Gasteiger partial charge in [0.25, 0.3) is 11.7 Å². The van der Waals surface area contributed by atoms with Gasteiger partial charge in [0.15, 0.2) is 5.75 Å². The smallest absolute Gasteiger partial charge is 0.295 e. The molecule has 1 aliphatic rings. The van der Waals surface area contributed by atoms with Gasteiger partial charge in [0.05, 0.1) is 42.4 Å². The second kappa shape index (κ2) is 10.0. The summed E-state index contributed by atoms with van der Waals surface area (Å²) in [4.78, 5) is 28.0. The van der Waals surface area contributed by atoms with E-state index in [1.54, 1.807) is 13.2 Å². The van der Waals surface area contributed by atoms with Crippen molar-refractivity contribution in [2.24, 2.45) is 0 Å². The van der Waals surface area contributed by atoms with Crippen molar-refractivity contribution in [3.63, 3.8) is 0 Å². The third kappa shape index (κ3) is 4.59. The summed E-state index contributed by atoms with van der Waals surface area (Å²) < 4.78 is 10.6. The van der Waals surface area contributed by atoms with Gasteiger partial charge >= 0.3 is 0 Å². The molecule has 8 heteroatoms. The van der Waals surface area contributed by atoms with Crippen molar-refractivity contribution in [2.45, 2.75) is 19.5 Å². The van der Waals surface area contributed by atoms with Crippen LogP contribution in [0.1, 0.15) is 28.3 Å². The molecular weight excluding hydrogens is 489 g/mol. The number of para-hydroxylation sites is 1. The summed E-state index contributed by atoms with van der Waals surface area (Å²) in [7, 11) is 2.97. The number of aliphatic hydroxyl groups excluding tert-OH is 1. The largest absolute Gasteiger partial charge is 0.507 e. The summed E-state index contributed by atoms with van der Waals surface area (Å²) in [5, 5.41) is 11.6. The molecule has 35 heavy (non-hydrogen) atoms. The molecule has 1 N–H and O–H groups in total. The van der Waals surface area contributed by atoms with Gasteiger partial charge in [-0.3, -0.25) is 9.59 Å². The van der Waals surface area contributed by atoms with Crippen LogP contribution in [0.15, 0.2) is 66.2 Å². The SMILES string of the molecule is COc1ccccc1CN1C(=O)C(=O)/C(=C(/O)c2cc(Cl)c(OC)c(Cl)c2)C1c1cccc(C)c1. The summed E-state index contributed by atoms with van der Waals surface area (Å²) in [5.74, 6) is -1.06. The zero-order valence-corrected chi connectivity index (χ0v) is 20.9. The minimum atomic E-state index is -0.834. The van der Waals surface area contributed by atoms with Crippen LogP contribution in [-0.2, 0) is 16.1 Å². The number of carbonyl (C=O) groups excluding carboxylic acids is 2. The second-order valence-corrected chi connectivity index (χ2v) is 8.94. The quantitative estimate of drug-likeness (QED) is 0.251. The minimum Gasteiger partial charge on any atom is -0.507 e. The Hall–Kier alpha value is -3.48. The molecule has 3 aromatic rings. The first-order chi connectivity index (χ1) is 16.8. The Balaban J connectivity index is 1.90. The monoisotopic (exact) mass is 511 g/mol. The molecule has 1 fully saturated rings. The van der Waals surface area contributed by atoms with Gasteiger partial charge < -0.3 is 19.5 Å². The number of methoxy groups -OCH3 is 2. The molecule has 1 atom stereocenters. The Labute approximate surface area is 213 Å². The van der Waals surface area contributed by atoms with Crippen LogP contribution in [0.3, 0.4) is 0 Å². The van der Waals surface area contributed by atoms with Crippen molar-refractivity contribution < 1.29 is 24.2 Å². The second-order valence-electron chi connectivity index (χ2n) is 8.13. The molecule has 4 rings (SSSR count). The lowest BCUT2D eigenvalue weighted by atomic mass is 9.94. The van der Waals surface area contributed by atoms with Crippen LogP contribution in [0.25, 0.3) is 5.76 Å². The van der Waals surface area contributed by atoms with Gasteiger partial charge in [0, 0.05) is 11.1 Å². The number of nitrogens with zero attached hydrogens (tertiary/aromatic N) is 1.